The van der Waals surface area contributed by atoms with Crippen LogP contribution in [0.1, 0.15) is 10.4 Å². The Morgan fingerprint density at radius 1 is 1.04 bits per heavy atom. The van der Waals surface area contributed by atoms with E-state index < -0.39 is 23.8 Å². The minimum absolute atomic E-state index is 0.0565. The highest BCUT2D eigenvalue weighted by molar-refractivity contribution is 5.89. The standard InChI is InChI=1S/C14H10N2O7/c17-13(10-5-7-15-8-6-10)21-9-22-14(18)23-12-3-1-11(2-4-12)16(19)20/h1-8H,9H2. The maximum absolute atomic E-state index is 11.5. The molecule has 118 valence electrons. The van der Waals surface area contributed by atoms with Gasteiger partial charge in [0.25, 0.3) is 5.69 Å². The molecule has 0 unspecified atom stereocenters. The highest BCUT2D eigenvalue weighted by Gasteiger charge is 2.11. The lowest BCUT2D eigenvalue weighted by molar-refractivity contribution is -0.384. The predicted octanol–water partition coefficient (Wildman–Crippen LogP) is 2.32. The normalized spacial score (nSPS) is 9.74. The number of nitrogens with zero attached hydrogens (tertiary/aromatic N) is 2. The number of pyridine rings is 1. The van der Waals surface area contributed by atoms with Gasteiger partial charge in [-0.1, -0.05) is 0 Å². The zero-order chi connectivity index (χ0) is 16.7. The molecule has 2 rings (SSSR count). The Balaban J connectivity index is 1.77. The number of carbonyl (C=O) groups excluding carboxylic acids is 2. The molecule has 2 aromatic rings. The molecule has 1 heterocycles. The van der Waals surface area contributed by atoms with Crippen LogP contribution in [0.5, 0.6) is 5.75 Å². The zero-order valence-corrected chi connectivity index (χ0v) is 11.6. The Hall–Kier alpha value is -3.49. The topological polar surface area (TPSA) is 118 Å². The average Bonchev–Trinajstić information content (AvgIpc) is 2.56. The van der Waals surface area contributed by atoms with Crippen LogP contribution in [0.2, 0.25) is 0 Å². The maximum atomic E-state index is 11.5. The summed E-state index contributed by atoms with van der Waals surface area (Å²) in [5.74, 6) is -0.628. The minimum atomic E-state index is -1.11. The number of nitro groups is 1. The third-order valence-electron chi connectivity index (χ3n) is 2.53. The molecule has 0 spiro atoms. The van der Waals surface area contributed by atoms with E-state index in [0.717, 1.165) is 0 Å². The summed E-state index contributed by atoms with van der Waals surface area (Å²) in [6.07, 6.45) is 1.72. The quantitative estimate of drug-likeness (QED) is 0.271. The first-order valence-corrected chi connectivity index (χ1v) is 6.22. The molecule has 23 heavy (non-hydrogen) atoms. The van der Waals surface area contributed by atoms with E-state index in [4.69, 9.17) is 9.47 Å². The van der Waals surface area contributed by atoms with Gasteiger partial charge in [0.05, 0.1) is 10.5 Å². The molecular formula is C14H10N2O7. The van der Waals surface area contributed by atoms with Crippen molar-refractivity contribution < 1.29 is 28.7 Å². The van der Waals surface area contributed by atoms with Gasteiger partial charge in [-0.15, -0.1) is 0 Å². The van der Waals surface area contributed by atoms with Crippen molar-refractivity contribution in [2.24, 2.45) is 0 Å². The van der Waals surface area contributed by atoms with Crippen LogP contribution in [0.25, 0.3) is 0 Å². The lowest BCUT2D eigenvalue weighted by Gasteiger charge is -2.06. The summed E-state index contributed by atoms with van der Waals surface area (Å²) in [4.78, 5) is 36.5. The number of rotatable bonds is 5. The number of esters is 1. The summed E-state index contributed by atoms with van der Waals surface area (Å²) in [5.41, 5.74) is 0.115. The van der Waals surface area contributed by atoms with Crippen molar-refractivity contribution in [3.05, 3.63) is 64.5 Å². The third-order valence-corrected chi connectivity index (χ3v) is 2.53. The lowest BCUT2D eigenvalue weighted by atomic mass is 10.3. The highest BCUT2D eigenvalue weighted by Crippen LogP contribution is 2.17. The average molecular weight is 318 g/mol. The van der Waals surface area contributed by atoms with Gasteiger partial charge in [-0.25, -0.2) is 9.59 Å². The van der Waals surface area contributed by atoms with Gasteiger partial charge in [-0.05, 0) is 24.3 Å². The molecule has 0 bridgehead atoms. The monoisotopic (exact) mass is 318 g/mol. The van der Waals surface area contributed by atoms with Crippen LogP contribution in [-0.2, 0) is 9.47 Å². The second kappa shape index (κ2) is 7.50. The van der Waals surface area contributed by atoms with E-state index in [9.17, 15) is 19.7 Å². The first-order chi connectivity index (χ1) is 11.1. The Kier molecular flexibility index (Phi) is 5.18. The fourth-order valence-corrected chi connectivity index (χ4v) is 1.46. The number of nitro benzene ring substituents is 1. The van der Waals surface area contributed by atoms with Crippen molar-refractivity contribution >= 4 is 17.8 Å². The van der Waals surface area contributed by atoms with Gasteiger partial charge < -0.3 is 14.2 Å². The second-order valence-electron chi connectivity index (χ2n) is 4.03. The zero-order valence-electron chi connectivity index (χ0n) is 11.6. The van der Waals surface area contributed by atoms with Crippen molar-refractivity contribution in [2.45, 2.75) is 0 Å². The highest BCUT2D eigenvalue weighted by atomic mass is 16.8. The van der Waals surface area contributed by atoms with E-state index >= 15 is 0 Å². The summed E-state index contributed by atoms with van der Waals surface area (Å²) in [6, 6.07) is 7.71. The van der Waals surface area contributed by atoms with Crippen LogP contribution in [0, 0.1) is 10.1 Å². The summed E-state index contributed by atoms with van der Waals surface area (Å²) in [5, 5.41) is 10.5. The van der Waals surface area contributed by atoms with Gasteiger partial charge in [0.15, 0.2) is 0 Å². The Morgan fingerprint density at radius 2 is 1.70 bits per heavy atom. The van der Waals surface area contributed by atoms with Crippen molar-refractivity contribution in [3.63, 3.8) is 0 Å². The van der Waals surface area contributed by atoms with Crippen LogP contribution < -0.4 is 4.74 Å². The van der Waals surface area contributed by atoms with Gasteiger partial charge in [0.1, 0.15) is 5.75 Å². The van der Waals surface area contributed by atoms with Crippen LogP contribution in [0.4, 0.5) is 10.5 Å². The first kappa shape index (κ1) is 15.9. The molecule has 1 aromatic carbocycles. The molecule has 0 fully saturated rings. The number of hydrogen-bond acceptors (Lipinski definition) is 8. The number of aromatic nitrogens is 1. The van der Waals surface area contributed by atoms with Crippen molar-refractivity contribution in [1.29, 1.82) is 0 Å². The molecule has 0 amide bonds. The van der Waals surface area contributed by atoms with Gasteiger partial charge in [0, 0.05) is 24.5 Å². The molecule has 9 nitrogen and oxygen atoms in total. The third kappa shape index (κ3) is 4.77. The van der Waals surface area contributed by atoms with E-state index in [1.165, 1.54) is 48.8 Å². The second-order valence-corrected chi connectivity index (χ2v) is 4.03. The molecule has 0 aliphatic heterocycles. The number of hydrogen-bond donors (Lipinski definition) is 0. The van der Waals surface area contributed by atoms with Crippen LogP contribution in [-0.4, -0.2) is 28.8 Å². The van der Waals surface area contributed by atoms with Gasteiger partial charge in [0.2, 0.25) is 6.79 Å². The number of ether oxygens (including phenoxy) is 3. The molecule has 0 aliphatic carbocycles. The SMILES string of the molecule is O=C(OCOC(=O)c1ccncc1)Oc1ccc([N+](=O)[O-])cc1. The minimum Gasteiger partial charge on any atom is -0.424 e. The van der Waals surface area contributed by atoms with Crippen molar-refractivity contribution in [3.8, 4) is 5.75 Å². The van der Waals surface area contributed by atoms with E-state index in [1.54, 1.807) is 0 Å². The molecule has 0 radical (unpaired) electrons. The molecule has 0 aliphatic rings. The molecule has 0 N–H and O–H groups in total. The fraction of sp³-hybridized carbons (Fsp3) is 0.0714. The van der Waals surface area contributed by atoms with Gasteiger partial charge in [-0.2, -0.15) is 0 Å². The van der Waals surface area contributed by atoms with Crippen molar-refractivity contribution in [1.82, 2.24) is 4.98 Å². The van der Waals surface area contributed by atoms with Crippen LogP contribution in [0.15, 0.2) is 48.8 Å². The predicted molar refractivity (Wildman–Crippen MR) is 74.7 cm³/mol. The van der Waals surface area contributed by atoms with Crippen molar-refractivity contribution in [2.75, 3.05) is 6.79 Å². The Bertz CT molecular complexity index is 701. The first-order valence-electron chi connectivity index (χ1n) is 6.22. The van der Waals surface area contributed by atoms with E-state index in [1.807, 2.05) is 0 Å². The van der Waals surface area contributed by atoms with E-state index in [-0.39, 0.29) is 17.0 Å². The summed E-state index contributed by atoms with van der Waals surface area (Å²) in [6.45, 7) is -0.632. The maximum Gasteiger partial charge on any atom is 0.516 e. The van der Waals surface area contributed by atoms with Gasteiger partial charge in [-0.3, -0.25) is 15.1 Å². The molecule has 0 saturated heterocycles. The number of benzene rings is 1. The Morgan fingerprint density at radius 3 is 2.30 bits per heavy atom. The lowest BCUT2D eigenvalue weighted by Crippen LogP contribution is -2.15. The number of carbonyl (C=O) groups is 2. The van der Waals surface area contributed by atoms with Crippen LogP contribution >= 0.6 is 0 Å². The molecule has 0 saturated carbocycles. The van der Waals surface area contributed by atoms with E-state index in [2.05, 4.69) is 9.72 Å². The molecule has 1 aromatic heterocycles. The molecule has 0 atom stereocenters. The molecule has 9 heteroatoms. The Labute approximate surface area is 129 Å². The van der Waals surface area contributed by atoms with Crippen LogP contribution in [0.3, 0.4) is 0 Å². The number of non-ortho nitro benzene ring substituents is 1. The summed E-state index contributed by atoms with van der Waals surface area (Å²) < 4.78 is 14.0. The molecular weight excluding hydrogens is 308 g/mol. The largest absolute Gasteiger partial charge is 0.516 e. The summed E-state index contributed by atoms with van der Waals surface area (Å²) >= 11 is 0. The smallest absolute Gasteiger partial charge is 0.424 e. The summed E-state index contributed by atoms with van der Waals surface area (Å²) in [7, 11) is 0. The van der Waals surface area contributed by atoms with Gasteiger partial charge >= 0.3 is 12.1 Å². The fourth-order valence-electron chi connectivity index (χ4n) is 1.46. The van der Waals surface area contributed by atoms with E-state index in [0.29, 0.717) is 0 Å².